The molecule has 0 spiro atoms. The van der Waals surface area contributed by atoms with Gasteiger partial charge in [-0.2, -0.15) is 0 Å². The molecule has 10 heteroatoms. The Morgan fingerprint density at radius 1 is 0.714 bits per heavy atom. The van der Waals surface area contributed by atoms with Crippen LogP contribution in [0, 0.1) is 45.6 Å². The van der Waals surface area contributed by atoms with E-state index < -0.39 is 0 Å². The zero-order valence-corrected chi connectivity index (χ0v) is 30.3. The van der Waals surface area contributed by atoms with Gasteiger partial charge in [-0.25, -0.2) is 10.1 Å². The predicted octanol–water partition coefficient (Wildman–Crippen LogP) is 13.4. The van der Waals surface area contributed by atoms with Gasteiger partial charge in [-0.15, -0.1) is 22.7 Å². The third-order valence-corrected chi connectivity index (χ3v) is 10.5. The fourth-order valence-electron chi connectivity index (χ4n) is 4.86. The molecule has 0 unspecified atom stereocenters. The second-order valence-corrected chi connectivity index (χ2v) is 12.4. The van der Waals surface area contributed by atoms with Gasteiger partial charge in [-0.3, -0.25) is 4.39 Å². The van der Waals surface area contributed by atoms with Crippen LogP contribution in [0.2, 0.25) is 0 Å². The number of thiophene rings is 2. The summed E-state index contributed by atoms with van der Waals surface area (Å²) in [6.45, 7) is 22.6. The second-order valence-electron chi connectivity index (χ2n) is 10.3. The summed E-state index contributed by atoms with van der Waals surface area (Å²) in [7, 11) is 0.500. The lowest BCUT2D eigenvalue weighted by atomic mass is 10.0. The molecule has 258 valence electrons. The number of hydrogen-bond donors (Lipinski definition) is 0. The molecule has 0 bridgehead atoms. The standard InChI is InChI=1S/C38H37N3S2.CH3F.2F2/c1-8-41(9-2)32-18-15-30(16-19-32)17-21-35-26(3)28(5)37(42-35)23-24-38-29(6)27(4)36(43-38)22-20-33(34(25-39)40-7)31-13-11-10-12-14-31;3*1-2/h10-24H,8-9H2,1-6H3;1H3;;/b21-17?,22-20?,24-23?,34-33+;;;. The highest BCUT2D eigenvalue weighted by molar-refractivity contribution is 7.15. The van der Waals surface area contributed by atoms with Crippen LogP contribution in [-0.2, 0) is 0 Å². The first kappa shape index (κ1) is 42.3. The highest BCUT2D eigenvalue weighted by Gasteiger charge is 2.12. The summed E-state index contributed by atoms with van der Waals surface area (Å²) in [5.74, 6) is 0. The molecular weight excluding hydrogens is 670 g/mol. The summed E-state index contributed by atoms with van der Waals surface area (Å²) in [6.07, 6.45) is 12.8. The highest BCUT2D eigenvalue weighted by atomic mass is 32.1. The number of nitrogens with zero attached hydrogens (tertiary/aromatic N) is 3. The monoisotopic (exact) mass is 709 g/mol. The molecule has 4 rings (SSSR count). The quantitative estimate of drug-likeness (QED) is 0.0710. The van der Waals surface area contributed by atoms with Gasteiger partial charge in [-0.1, -0.05) is 54.6 Å². The number of allylic oxidation sites excluding steroid dienone is 3. The van der Waals surface area contributed by atoms with E-state index in [9.17, 15) is 9.65 Å². The molecule has 0 radical (unpaired) electrons. The molecule has 0 amide bonds. The number of alkyl halides is 1. The maximum Gasteiger partial charge on any atom is 0.269 e. The molecule has 3 nitrogen and oxygen atoms in total. The number of nitriles is 1. The smallest absolute Gasteiger partial charge is 0.269 e. The molecule has 0 saturated carbocycles. The molecule has 0 aliphatic carbocycles. The molecule has 0 aliphatic heterocycles. The van der Waals surface area contributed by atoms with Crippen molar-refractivity contribution in [3.05, 3.63) is 131 Å². The average molecular weight is 710 g/mol. The molecule has 2 heterocycles. The van der Waals surface area contributed by atoms with Gasteiger partial charge in [0.15, 0.2) is 0 Å². The van der Waals surface area contributed by atoms with E-state index in [1.54, 1.807) is 11.3 Å². The summed E-state index contributed by atoms with van der Waals surface area (Å²) < 4.78 is 41.5. The third kappa shape index (κ3) is 11.4. The largest absolute Gasteiger partial charge is 0.372 e. The summed E-state index contributed by atoms with van der Waals surface area (Å²) in [5.41, 5.74) is 9.15. The van der Waals surface area contributed by atoms with Gasteiger partial charge in [0, 0.05) is 56.6 Å². The minimum atomic E-state index is 0.0959. The van der Waals surface area contributed by atoms with Crippen molar-refractivity contribution < 1.29 is 22.7 Å². The SMILES string of the molecule is CF.FF.FF.[C-]#[N+]/C(C#N)=C(\C=Cc1sc(C=Cc2sc(C=Cc3ccc(N(CC)CC)cc3)c(C)c2C)c(C)c1C)c1ccccc1. The zero-order valence-electron chi connectivity index (χ0n) is 28.6. The Morgan fingerprint density at radius 3 is 1.55 bits per heavy atom. The van der Waals surface area contributed by atoms with Gasteiger partial charge in [0.05, 0.1) is 19.8 Å². The van der Waals surface area contributed by atoms with Crippen molar-refractivity contribution in [3.63, 3.8) is 0 Å². The summed E-state index contributed by atoms with van der Waals surface area (Å²) in [4.78, 5) is 10.7. The van der Waals surface area contributed by atoms with Gasteiger partial charge >= 0.3 is 0 Å². The summed E-state index contributed by atoms with van der Waals surface area (Å²) >= 11 is 3.55. The first-order valence-electron chi connectivity index (χ1n) is 15.1. The fraction of sp³-hybridized carbons (Fsp3) is 0.231. The van der Waals surface area contributed by atoms with Crippen molar-refractivity contribution in [1.82, 2.24) is 0 Å². The molecule has 2 aromatic heterocycles. The van der Waals surface area contributed by atoms with E-state index in [-0.39, 0.29) is 5.70 Å². The van der Waals surface area contributed by atoms with E-state index in [4.69, 9.17) is 24.9 Å². The Morgan fingerprint density at radius 2 is 1.14 bits per heavy atom. The number of rotatable bonds is 10. The Hall–Kier alpha value is -4.77. The zero-order chi connectivity index (χ0) is 36.9. The van der Waals surface area contributed by atoms with Crippen LogP contribution in [0.3, 0.4) is 0 Å². The van der Waals surface area contributed by atoms with Crippen LogP contribution < -0.4 is 4.90 Å². The van der Waals surface area contributed by atoms with Crippen LogP contribution in [0.4, 0.5) is 28.4 Å². The van der Waals surface area contributed by atoms with Crippen LogP contribution in [0.25, 0.3) is 40.8 Å². The van der Waals surface area contributed by atoms with Crippen LogP contribution in [0.5, 0.6) is 0 Å². The predicted molar refractivity (Wildman–Crippen MR) is 202 cm³/mol. The lowest BCUT2D eigenvalue weighted by Crippen LogP contribution is -2.21. The Balaban J connectivity index is 0.00000189. The molecule has 49 heavy (non-hydrogen) atoms. The van der Waals surface area contributed by atoms with Gasteiger partial charge in [-0.05, 0) is 117 Å². The van der Waals surface area contributed by atoms with E-state index in [1.165, 1.54) is 48.1 Å². The highest BCUT2D eigenvalue weighted by Crippen LogP contribution is 2.34. The van der Waals surface area contributed by atoms with E-state index in [0.29, 0.717) is 12.8 Å². The van der Waals surface area contributed by atoms with Crippen LogP contribution in [0.15, 0.2) is 66.4 Å². The average Bonchev–Trinajstić information content (AvgIpc) is 3.59. The Labute approximate surface area is 294 Å². The van der Waals surface area contributed by atoms with Gasteiger partial charge in [0.25, 0.3) is 5.70 Å². The first-order chi connectivity index (χ1) is 23.8. The molecule has 0 aliphatic rings. The van der Waals surface area contributed by atoms with E-state index >= 15 is 0 Å². The van der Waals surface area contributed by atoms with Crippen LogP contribution >= 0.6 is 22.7 Å². The number of hydrogen-bond acceptors (Lipinski definition) is 4. The van der Waals surface area contributed by atoms with Crippen molar-refractivity contribution in [3.8, 4) is 6.07 Å². The van der Waals surface area contributed by atoms with Crippen molar-refractivity contribution in [2.75, 3.05) is 25.2 Å². The number of anilines is 1. The van der Waals surface area contributed by atoms with Crippen molar-refractivity contribution >= 4 is 64.3 Å². The molecular formula is C39H40F5N3S2. The van der Waals surface area contributed by atoms with Gasteiger partial charge in [0.2, 0.25) is 0 Å². The molecule has 4 aromatic rings. The van der Waals surface area contributed by atoms with Gasteiger partial charge < -0.3 is 4.90 Å². The Bertz CT molecular complexity index is 1780. The van der Waals surface area contributed by atoms with Crippen molar-refractivity contribution in [2.24, 2.45) is 0 Å². The van der Waals surface area contributed by atoms with Crippen molar-refractivity contribution in [2.45, 2.75) is 41.5 Å². The number of halogens is 5. The normalized spacial score (nSPS) is 11.1. The lowest BCUT2D eigenvalue weighted by Gasteiger charge is -2.20. The van der Waals surface area contributed by atoms with Crippen LogP contribution in [0.1, 0.15) is 66.7 Å². The molecule has 0 atom stereocenters. The van der Waals surface area contributed by atoms with Crippen LogP contribution in [-0.4, -0.2) is 20.3 Å². The maximum absolute atomic E-state index is 9.55. The maximum atomic E-state index is 9.55. The minimum Gasteiger partial charge on any atom is -0.372 e. The second kappa shape index (κ2) is 22.7. The lowest BCUT2D eigenvalue weighted by molar-refractivity contribution is 0.108. The number of benzene rings is 2. The van der Waals surface area contributed by atoms with E-state index in [2.05, 4.69) is 106 Å². The molecule has 0 fully saturated rings. The van der Waals surface area contributed by atoms with Crippen molar-refractivity contribution in [1.29, 1.82) is 5.26 Å². The molecule has 2 aromatic carbocycles. The summed E-state index contributed by atoms with van der Waals surface area (Å²) in [5, 5.41) is 9.55. The van der Waals surface area contributed by atoms with E-state index in [1.807, 2.05) is 53.8 Å². The molecule has 0 saturated heterocycles. The third-order valence-electron chi connectivity index (χ3n) is 7.84. The summed E-state index contributed by atoms with van der Waals surface area (Å²) in [6, 6.07) is 20.5. The van der Waals surface area contributed by atoms with E-state index in [0.717, 1.165) is 23.5 Å². The Kier molecular flexibility index (Phi) is 19.6. The minimum absolute atomic E-state index is 0.0959. The van der Waals surface area contributed by atoms with Gasteiger partial charge in [0.1, 0.15) is 0 Å². The topological polar surface area (TPSA) is 31.4 Å². The fourth-order valence-corrected chi connectivity index (χ4v) is 7.10. The molecule has 0 N–H and O–H groups in total. The first-order valence-corrected chi connectivity index (χ1v) is 16.8.